The Labute approximate surface area is 114 Å². The van der Waals surface area contributed by atoms with Crippen LogP contribution in [0.4, 0.5) is 0 Å². The number of piperidine rings is 1. The number of aliphatic hydroxyl groups excluding tert-OH is 1. The van der Waals surface area contributed by atoms with Gasteiger partial charge in [0.15, 0.2) is 0 Å². The first-order valence-electron chi connectivity index (χ1n) is 7.41. The van der Waals surface area contributed by atoms with E-state index in [2.05, 4.69) is 0 Å². The second kappa shape index (κ2) is 7.82. The summed E-state index contributed by atoms with van der Waals surface area (Å²) >= 11 is 0. The highest BCUT2D eigenvalue weighted by molar-refractivity contribution is 5.76. The van der Waals surface area contributed by atoms with Crippen LogP contribution in [0.25, 0.3) is 0 Å². The van der Waals surface area contributed by atoms with Crippen LogP contribution in [0.2, 0.25) is 0 Å². The van der Waals surface area contributed by atoms with Crippen LogP contribution >= 0.6 is 0 Å². The first-order chi connectivity index (χ1) is 9.29. The summed E-state index contributed by atoms with van der Waals surface area (Å²) in [4.78, 5) is 14.1. The van der Waals surface area contributed by atoms with Gasteiger partial charge in [0.05, 0.1) is 31.8 Å². The predicted molar refractivity (Wildman–Crippen MR) is 70.8 cm³/mol. The van der Waals surface area contributed by atoms with Crippen molar-refractivity contribution in [3.8, 4) is 0 Å². The van der Waals surface area contributed by atoms with Gasteiger partial charge in [-0.25, -0.2) is 0 Å². The monoisotopic (exact) mass is 271 g/mol. The number of aliphatic hydroxyl groups is 1. The largest absolute Gasteiger partial charge is 0.394 e. The van der Waals surface area contributed by atoms with Crippen LogP contribution in [0, 0.1) is 0 Å². The molecule has 0 spiro atoms. The van der Waals surface area contributed by atoms with Crippen LogP contribution in [0.3, 0.4) is 0 Å². The molecule has 1 N–H and O–H groups in total. The molecular weight excluding hydrogens is 246 g/mol. The molecule has 2 fully saturated rings. The van der Waals surface area contributed by atoms with Gasteiger partial charge in [0, 0.05) is 19.7 Å². The van der Waals surface area contributed by atoms with Crippen molar-refractivity contribution in [2.75, 3.05) is 32.9 Å². The minimum Gasteiger partial charge on any atom is -0.394 e. The molecule has 0 aliphatic carbocycles. The van der Waals surface area contributed by atoms with Gasteiger partial charge < -0.3 is 19.5 Å². The zero-order valence-electron chi connectivity index (χ0n) is 11.6. The molecule has 2 saturated heterocycles. The lowest BCUT2D eigenvalue weighted by atomic mass is 10.0. The van der Waals surface area contributed by atoms with Crippen LogP contribution in [0.1, 0.15) is 38.5 Å². The molecule has 2 aliphatic rings. The Morgan fingerprint density at radius 1 is 1.26 bits per heavy atom. The quantitative estimate of drug-likeness (QED) is 0.808. The van der Waals surface area contributed by atoms with Crippen molar-refractivity contribution in [3.05, 3.63) is 0 Å². The molecule has 0 radical (unpaired) electrons. The highest BCUT2D eigenvalue weighted by atomic mass is 16.5. The minimum absolute atomic E-state index is 0.0676. The molecule has 1 amide bonds. The van der Waals surface area contributed by atoms with Gasteiger partial charge in [-0.1, -0.05) is 0 Å². The van der Waals surface area contributed by atoms with E-state index in [1.807, 2.05) is 4.90 Å². The Morgan fingerprint density at radius 3 is 2.68 bits per heavy atom. The third kappa shape index (κ3) is 4.75. The van der Waals surface area contributed by atoms with Crippen molar-refractivity contribution < 1.29 is 19.4 Å². The van der Waals surface area contributed by atoms with Gasteiger partial charge in [-0.3, -0.25) is 4.79 Å². The molecule has 1 unspecified atom stereocenters. The number of ether oxygens (including phenoxy) is 2. The molecule has 2 rings (SSSR count). The van der Waals surface area contributed by atoms with E-state index < -0.39 is 0 Å². The van der Waals surface area contributed by atoms with Crippen LogP contribution in [-0.2, 0) is 14.3 Å². The number of rotatable bonds is 5. The van der Waals surface area contributed by atoms with Crippen LogP contribution < -0.4 is 0 Å². The van der Waals surface area contributed by atoms with Crippen molar-refractivity contribution in [1.82, 2.24) is 4.90 Å². The zero-order valence-corrected chi connectivity index (χ0v) is 11.6. The van der Waals surface area contributed by atoms with E-state index in [0.29, 0.717) is 13.0 Å². The molecule has 0 aromatic rings. The Balaban J connectivity index is 1.67. The van der Waals surface area contributed by atoms with Gasteiger partial charge in [-0.05, 0) is 32.1 Å². The van der Waals surface area contributed by atoms with Crippen molar-refractivity contribution in [1.29, 1.82) is 0 Å². The van der Waals surface area contributed by atoms with Gasteiger partial charge in [0.2, 0.25) is 5.91 Å². The lowest BCUT2D eigenvalue weighted by molar-refractivity contribution is -0.137. The van der Waals surface area contributed by atoms with E-state index in [-0.39, 0.29) is 24.7 Å². The molecular formula is C14H25NO4. The van der Waals surface area contributed by atoms with Gasteiger partial charge in [-0.15, -0.1) is 0 Å². The molecule has 2 aliphatic heterocycles. The van der Waals surface area contributed by atoms with Crippen molar-refractivity contribution in [2.24, 2.45) is 0 Å². The third-order valence-corrected chi connectivity index (χ3v) is 3.92. The maximum atomic E-state index is 12.2. The summed E-state index contributed by atoms with van der Waals surface area (Å²) in [5.74, 6) is 0.215. The normalized spacial score (nSPS) is 25.5. The number of hydrogen-bond acceptors (Lipinski definition) is 4. The molecule has 1 atom stereocenters. The summed E-state index contributed by atoms with van der Waals surface area (Å²) in [6.07, 6.45) is 5.91. The first-order valence-corrected chi connectivity index (χ1v) is 7.41. The second-order valence-corrected chi connectivity index (χ2v) is 5.37. The standard InChI is InChI=1S/C14H25NO4/c16-8-10-19-12-4-6-15(7-5-12)14(17)11-13-3-1-2-9-18-13/h12-13,16H,1-11H2. The Bertz CT molecular complexity index is 271. The molecule has 0 bridgehead atoms. The summed E-state index contributed by atoms with van der Waals surface area (Å²) in [6.45, 7) is 2.80. The number of hydrogen-bond donors (Lipinski definition) is 1. The lowest BCUT2D eigenvalue weighted by Gasteiger charge is -2.33. The maximum absolute atomic E-state index is 12.2. The van der Waals surface area contributed by atoms with Gasteiger partial charge in [0.1, 0.15) is 0 Å². The van der Waals surface area contributed by atoms with Crippen molar-refractivity contribution in [3.63, 3.8) is 0 Å². The van der Waals surface area contributed by atoms with E-state index in [1.54, 1.807) is 0 Å². The smallest absolute Gasteiger partial charge is 0.225 e. The summed E-state index contributed by atoms with van der Waals surface area (Å²) in [5, 5.41) is 8.72. The number of amides is 1. The molecule has 5 nitrogen and oxygen atoms in total. The van der Waals surface area contributed by atoms with E-state index in [9.17, 15) is 4.79 Å². The zero-order chi connectivity index (χ0) is 13.5. The van der Waals surface area contributed by atoms with Crippen LogP contribution in [-0.4, -0.2) is 61.0 Å². The summed E-state index contributed by atoms with van der Waals surface area (Å²) in [7, 11) is 0. The Hall–Kier alpha value is -0.650. The first kappa shape index (κ1) is 14.8. The SMILES string of the molecule is O=C(CC1CCCCO1)N1CCC(OCCO)CC1. The molecule has 0 aromatic heterocycles. The number of nitrogens with zero attached hydrogens (tertiary/aromatic N) is 1. The topological polar surface area (TPSA) is 59.0 Å². The maximum Gasteiger partial charge on any atom is 0.225 e. The van der Waals surface area contributed by atoms with E-state index >= 15 is 0 Å². The van der Waals surface area contributed by atoms with E-state index in [4.69, 9.17) is 14.6 Å². The van der Waals surface area contributed by atoms with Crippen LogP contribution in [0.15, 0.2) is 0 Å². The van der Waals surface area contributed by atoms with E-state index in [0.717, 1.165) is 45.4 Å². The van der Waals surface area contributed by atoms with Crippen LogP contribution in [0.5, 0.6) is 0 Å². The second-order valence-electron chi connectivity index (χ2n) is 5.37. The molecule has 2 heterocycles. The average Bonchev–Trinajstić information content (AvgIpc) is 2.46. The van der Waals surface area contributed by atoms with Crippen molar-refractivity contribution in [2.45, 2.75) is 50.7 Å². The number of carbonyl (C=O) groups excluding carboxylic acids is 1. The lowest BCUT2D eigenvalue weighted by Crippen LogP contribution is -2.42. The summed E-state index contributed by atoms with van der Waals surface area (Å²) < 4.78 is 11.1. The van der Waals surface area contributed by atoms with Crippen molar-refractivity contribution >= 4 is 5.91 Å². The number of carbonyl (C=O) groups is 1. The van der Waals surface area contributed by atoms with E-state index in [1.165, 1.54) is 6.42 Å². The fourth-order valence-electron chi connectivity index (χ4n) is 2.78. The van der Waals surface area contributed by atoms with Gasteiger partial charge >= 0.3 is 0 Å². The molecule has 19 heavy (non-hydrogen) atoms. The number of likely N-dealkylation sites (tertiary alicyclic amines) is 1. The highest BCUT2D eigenvalue weighted by Gasteiger charge is 2.25. The molecule has 0 saturated carbocycles. The Morgan fingerprint density at radius 2 is 2.05 bits per heavy atom. The predicted octanol–water partition coefficient (Wildman–Crippen LogP) is 0.945. The fourth-order valence-corrected chi connectivity index (χ4v) is 2.78. The van der Waals surface area contributed by atoms with Gasteiger partial charge in [0.25, 0.3) is 0 Å². The third-order valence-electron chi connectivity index (χ3n) is 3.92. The summed E-state index contributed by atoms with van der Waals surface area (Å²) in [5.41, 5.74) is 0. The molecule has 110 valence electrons. The van der Waals surface area contributed by atoms with Gasteiger partial charge in [-0.2, -0.15) is 0 Å². The average molecular weight is 271 g/mol. The Kier molecular flexibility index (Phi) is 6.07. The summed E-state index contributed by atoms with van der Waals surface area (Å²) in [6, 6.07) is 0. The fraction of sp³-hybridized carbons (Fsp3) is 0.929. The molecule has 0 aromatic carbocycles. The minimum atomic E-state index is 0.0676. The highest BCUT2D eigenvalue weighted by Crippen LogP contribution is 2.19. The molecule has 5 heteroatoms.